The molecule has 0 amide bonds. The number of rotatable bonds is 7. The molecule has 0 bridgehead atoms. The zero-order chi connectivity index (χ0) is 15.1. The molecule has 1 fully saturated rings. The Bertz CT molecular complexity index is 431. The average Bonchev–Trinajstić information content (AvgIpc) is 2.48. The summed E-state index contributed by atoms with van der Waals surface area (Å²) in [5.74, 6) is 0.807. The maximum atomic E-state index is 6.27. The van der Waals surface area contributed by atoms with Gasteiger partial charge in [-0.1, -0.05) is 24.6 Å². The number of piperazine rings is 1. The van der Waals surface area contributed by atoms with Gasteiger partial charge < -0.3 is 14.5 Å². The van der Waals surface area contributed by atoms with Crippen LogP contribution < -0.4 is 4.74 Å². The van der Waals surface area contributed by atoms with Gasteiger partial charge in [0, 0.05) is 26.2 Å². The third kappa shape index (κ3) is 5.50. The van der Waals surface area contributed by atoms with Crippen molar-refractivity contribution in [3.05, 3.63) is 28.8 Å². The van der Waals surface area contributed by atoms with Crippen molar-refractivity contribution in [2.45, 2.75) is 26.2 Å². The number of aryl methyl sites for hydroxylation is 1. The first-order valence-electron chi connectivity index (χ1n) is 8.01. The Labute approximate surface area is 133 Å². The first kappa shape index (κ1) is 16.6. The minimum atomic E-state index is 0.725. The van der Waals surface area contributed by atoms with E-state index < -0.39 is 0 Å². The van der Waals surface area contributed by atoms with E-state index in [4.69, 9.17) is 16.3 Å². The molecular formula is C17H27ClN2O. The Morgan fingerprint density at radius 2 is 1.95 bits per heavy atom. The van der Waals surface area contributed by atoms with E-state index >= 15 is 0 Å². The summed E-state index contributed by atoms with van der Waals surface area (Å²) in [6, 6.07) is 6.20. The summed E-state index contributed by atoms with van der Waals surface area (Å²) in [7, 11) is 2.20. The van der Waals surface area contributed by atoms with Gasteiger partial charge in [-0.3, -0.25) is 0 Å². The number of halogens is 1. The molecule has 1 aromatic carbocycles. The lowest BCUT2D eigenvalue weighted by atomic mass is 10.1. The van der Waals surface area contributed by atoms with E-state index in [2.05, 4.69) is 35.9 Å². The van der Waals surface area contributed by atoms with E-state index in [1.165, 1.54) is 44.7 Å². The maximum Gasteiger partial charge on any atom is 0.137 e. The highest BCUT2D eigenvalue weighted by Crippen LogP contribution is 2.26. The van der Waals surface area contributed by atoms with Gasteiger partial charge in [0.15, 0.2) is 0 Å². The summed E-state index contributed by atoms with van der Waals surface area (Å²) >= 11 is 6.27. The minimum absolute atomic E-state index is 0.725. The van der Waals surface area contributed by atoms with Crippen LogP contribution in [0.25, 0.3) is 0 Å². The zero-order valence-electron chi connectivity index (χ0n) is 13.3. The Morgan fingerprint density at radius 1 is 1.19 bits per heavy atom. The van der Waals surface area contributed by atoms with Crippen molar-refractivity contribution in [3.63, 3.8) is 0 Å². The molecule has 0 saturated carbocycles. The van der Waals surface area contributed by atoms with Gasteiger partial charge in [-0.15, -0.1) is 0 Å². The average molecular weight is 311 g/mol. The Balaban J connectivity index is 1.74. The van der Waals surface area contributed by atoms with Gasteiger partial charge in [0.25, 0.3) is 0 Å². The monoisotopic (exact) mass is 310 g/mol. The smallest absolute Gasteiger partial charge is 0.137 e. The number of ether oxygens (including phenoxy) is 1. The molecule has 1 aliphatic heterocycles. The number of benzene rings is 1. The normalized spacial score (nSPS) is 17.1. The number of hydrogen-bond acceptors (Lipinski definition) is 3. The summed E-state index contributed by atoms with van der Waals surface area (Å²) in [6.45, 7) is 8.77. The summed E-state index contributed by atoms with van der Waals surface area (Å²) in [5.41, 5.74) is 1.30. The molecule has 1 saturated heterocycles. The molecule has 0 aliphatic carbocycles. The molecule has 21 heavy (non-hydrogen) atoms. The molecule has 0 unspecified atom stereocenters. The van der Waals surface area contributed by atoms with Crippen molar-refractivity contribution >= 4 is 11.6 Å². The van der Waals surface area contributed by atoms with Crippen LogP contribution in [0.4, 0.5) is 0 Å². The minimum Gasteiger partial charge on any atom is -0.492 e. The second-order valence-corrected chi connectivity index (χ2v) is 6.27. The second kappa shape index (κ2) is 8.62. The molecular weight excluding hydrogens is 284 g/mol. The second-order valence-electron chi connectivity index (χ2n) is 5.86. The van der Waals surface area contributed by atoms with E-state index in [9.17, 15) is 0 Å². The Hall–Kier alpha value is -0.770. The van der Waals surface area contributed by atoms with Gasteiger partial charge in [0.05, 0.1) is 11.6 Å². The third-order valence-corrected chi connectivity index (χ3v) is 4.29. The van der Waals surface area contributed by atoms with Crippen molar-refractivity contribution in [1.82, 2.24) is 9.80 Å². The van der Waals surface area contributed by atoms with Crippen LogP contribution in [0.15, 0.2) is 18.2 Å². The molecule has 1 aliphatic rings. The first-order chi connectivity index (χ1) is 10.2. The van der Waals surface area contributed by atoms with Crippen molar-refractivity contribution in [3.8, 4) is 5.75 Å². The highest BCUT2D eigenvalue weighted by Gasteiger charge is 2.13. The van der Waals surface area contributed by atoms with Gasteiger partial charge in [0.2, 0.25) is 0 Å². The van der Waals surface area contributed by atoms with E-state index in [1.807, 2.05) is 6.07 Å². The molecule has 2 rings (SSSR count). The van der Waals surface area contributed by atoms with E-state index in [1.54, 1.807) is 0 Å². The Morgan fingerprint density at radius 3 is 2.62 bits per heavy atom. The molecule has 3 nitrogen and oxygen atoms in total. The van der Waals surface area contributed by atoms with Crippen LogP contribution >= 0.6 is 11.6 Å². The summed E-state index contributed by atoms with van der Waals surface area (Å²) in [5, 5.41) is 0.737. The van der Waals surface area contributed by atoms with Crippen molar-refractivity contribution < 1.29 is 4.74 Å². The predicted octanol–water partition coefficient (Wildman–Crippen LogP) is 3.31. The SMILES string of the molecule is CCCOc1ccc(CCCN2CCN(C)CC2)cc1Cl. The predicted molar refractivity (Wildman–Crippen MR) is 89.5 cm³/mol. The first-order valence-corrected chi connectivity index (χ1v) is 8.39. The van der Waals surface area contributed by atoms with Gasteiger partial charge in [-0.25, -0.2) is 0 Å². The fraction of sp³-hybridized carbons (Fsp3) is 0.647. The van der Waals surface area contributed by atoms with Gasteiger partial charge in [-0.2, -0.15) is 0 Å². The summed E-state index contributed by atoms with van der Waals surface area (Å²) in [6.07, 6.45) is 3.28. The molecule has 0 radical (unpaired) electrons. The largest absolute Gasteiger partial charge is 0.492 e. The highest BCUT2D eigenvalue weighted by molar-refractivity contribution is 6.32. The van der Waals surface area contributed by atoms with Crippen molar-refractivity contribution in [1.29, 1.82) is 0 Å². The van der Waals surface area contributed by atoms with Crippen molar-refractivity contribution in [2.24, 2.45) is 0 Å². The van der Waals surface area contributed by atoms with Crippen LogP contribution in [0, 0.1) is 0 Å². The third-order valence-electron chi connectivity index (χ3n) is 3.99. The van der Waals surface area contributed by atoms with Crippen LogP contribution in [-0.4, -0.2) is 56.2 Å². The molecule has 1 aromatic rings. The maximum absolute atomic E-state index is 6.27. The summed E-state index contributed by atoms with van der Waals surface area (Å²) in [4.78, 5) is 4.95. The fourth-order valence-corrected chi connectivity index (χ4v) is 2.86. The molecule has 118 valence electrons. The lowest BCUT2D eigenvalue weighted by Crippen LogP contribution is -2.44. The topological polar surface area (TPSA) is 15.7 Å². The summed E-state index contributed by atoms with van der Waals surface area (Å²) < 4.78 is 5.61. The fourth-order valence-electron chi connectivity index (χ4n) is 2.61. The van der Waals surface area contributed by atoms with Crippen LogP contribution in [0.3, 0.4) is 0 Å². The highest BCUT2D eigenvalue weighted by atomic mass is 35.5. The Kier molecular flexibility index (Phi) is 6.81. The number of hydrogen-bond donors (Lipinski definition) is 0. The van der Waals surface area contributed by atoms with Gasteiger partial charge in [0.1, 0.15) is 5.75 Å². The van der Waals surface area contributed by atoms with E-state index in [0.717, 1.165) is 30.2 Å². The van der Waals surface area contributed by atoms with E-state index in [-0.39, 0.29) is 0 Å². The molecule has 4 heteroatoms. The van der Waals surface area contributed by atoms with Crippen LogP contribution in [-0.2, 0) is 6.42 Å². The van der Waals surface area contributed by atoms with Crippen molar-refractivity contribution in [2.75, 3.05) is 46.4 Å². The molecule has 1 heterocycles. The molecule has 0 N–H and O–H groups in total. The zero-order valence-corrected chi connectivity index (χ0v) is 14.0. The van der Waals surface area contributed by atoms with Crippen LogP contribution in [0.2, 0.25) is 5.02 Å². The standard InChI is InChI=1S/C17H27ClN2O/c1-3-13-21-17-7-6-15(14-16(17)18)5-4-8-20-11-9-19(2)10-12-20/h6-7,14H,3-5,8-13H2,1-2H3. The molecule has 0 atom stereocenters. The van der Waals surface area contributed by atoms with Gasteiger partial charge in [-0.05, 0) is 50.6 Å². The lowest BCUT2D eigenvalue weighted by molar-refractivity contribution is 0.153. The number of nitrogens with zero attached hydrogens (tertiary/aromatic N) is 2. The van der Waals surface area contributed by atoms with E-state index in [0.29, 0.717) is 0 Å². The van der Waals surface area contributed by atoms with Gasteiger partial charge >= 0.3 is 0 Å². The quantitative estimate of drug-likeness (QED) is 0.768. The number of likely N-dealkylation sites (N-methyl/N-ethyl adjacent to an activating group) is 1. The molecule has 0 spiro atoms. The van der Waals surface area contributed by atoms with Crippen LogP contribution in [0.1, 0.15) is 25.3 Å². The molecule has 0 aromatic heterocycles. The lowest BCUT2D eigenvalue weighted by Gasteiger charge is -2.32. The van der Waals surface area contributed by atoms with Crippen LogP contribution in [0.5, 0.6) is 5.75 Å².